The van der Waals surface area contributed by atoms with E-state index in [1.54, 1.807) is 32.0 Å². The first kappa shape index (κ1) is 25.9. The van der Waals surface area contributed by atoms with E-state index in [4.69, 9.17) is 9.47 Å². The number of carbonyl (C=O) groups is 1. The summed E-state index contributed by atoms with van der Waals surface area (Å²) < 4.78 is 64.0. The van der Waals surface area contributed by atoms with Crippen molar-refractivity contribution in [1.29, 1.82) is 0 Å². The monoisotopic (exact) mass is 511 g/mol. The van der Waals surface area contributed by atoms with Crippen molar-refractivity contribution >= 4 is 37.3 Å². The molecular formula is C22H29N3O7S2. The Morgan fingerprint density at radius 1 is 1.09 bits per heavy atom. The van der Waals surface area contributed by atoms with Crippen LogP contribution >= 0.6 is 0 Å². The van der Waals surface area contributed by atoms with Crippen LogP contribution in [0.1, 0.15) is 11.1 Å². The number of carbonyl (C=O) groups excluding carboxylic acids is 1. The van der Waals surface area contributed by atoms with Gasteiger partial charge in [0.25, 0.3) is 0 Å². The second-order valence-corrected chi connectivity index (χ2v) is 11.8. The number of amides is 1. The van der Waals surface area contributed by atoms with Crippen LogP contribution in [0.2, 0.25) is 0 Å². The number of aryl methyl sites for hydroxylation is 2. The van der Waals surface area contributed by atoms with Crippen LogP contribution in [0.5, 0.6) is 5.75 Å². The Kier molecular flexibility index (Phi) is 7.86. The lowest BCUT2D eigenvalue weighted by Crippen LogP contribution is -2.40. The molecule has 1 aliphatic heterocycles. The van der Waals surface area contributed by atoms with Crippen molar-refractivity contribution in [2.75, 3.05) is 55.8 Å². The number of ether oxygens (including phenoxy) is 2. The summed E-state index contributed by atoms with van der Waals surface area (Å²) in [5, 5.41) is 2.61. The highest BCUT2D eigenvalue weighted by molar-refractivity contribution is 7.92. The SMILES string of the molecule is COc1ccc(S(=O)(=O)N2CCOCC2)cc1NC(=O)CN(c1c(C)cccc1C)S(C)(=O)=O. The van der Waals surface area contributed by atoms with Gasteiger partial charge in [-0.2, -0.15) is 4.31 Å². The van der Waals surface area contributed by atoms with E-state index in [-0.39, 0.29) is 29.4 Å². The molecule has 0 aliphatic carbocycles. The Hall–Kier alpha value is -2.67. The molecular weight excluding hydrogens is 482 g/mol. The van der Waals surface area contributed by atoms with Crippen LogP contribution in [0.15, 0.2) is 41.3 Å². The Morgan fingerprint density at radius 2 is 1.71 bits per heavy atom. The number of nitrogens with zero attached hydrogens (tertiary/aromatic N) is 2. The van der Waals surface area contributed by atoms with Crippen molar-refractivity contribution in [1.82, 2.24) is 4.31 Å². The van der Waals surface area contributed by atoms with Gasteiger partial charge in [-0.25, -0.2) is 16.8 Å². The van der Waals surface area contributed by atoms with E-state index in [1.165, 1.54) is 29.6 Å². The maximum Gasteiger partial charge on any atom is 0.245 e. The van der Waals surface area contributed by atoms with Crippen LogP contribution < -0.4 is 14.4 Å². The number of morpholine rings is 1. The van der Waals surface area contributed by atoms with Gasteiger partial charge in [0.1, 0.15) is 12.3 Å². The van der Waals surface area contributed by atoms with Gasteiger partial charge in [-0.1, -0.05) is 18.2 Å². The maximum atomic E-state index is 13.0. The summed E-state index contributed by atoms with van der Waals surface area (Å²) in [6, 6.07) is 9.50. The zero-order chi connectivity index (χ0) is 25.1. The third-order valence-electron chi connectivity index (χ3n) is 5.43. The number of hydrogen-bond acceptors (Lipinski definition) is 7. The number of benzene rings is 2. The van der Waals surface area contributed by atoms with E-state index in [1.807, 2.05) is 0 Å². The molecule has 2 aromatic rings. The lowest BCUT2D eigenvalue weighted by Gasteiger charge is -2.27. The Bertz CT molecular complexity index is 1250. The predicted molar refractivity (Wildman–Crippen MR) is 129 cm³/mol. The molecule has 10 nitrogen and oxygen atoms in total. The molecule has 1 saturated heterocycles. The molecule has 0 radical (unpaired) electrons. The summed E-state index contributed by atoms with van der Waals surface area (Å²) in [4.78, 5) is 12.9. The average molecular weight is 512 g/mol. The standard InChI is InChI=1S/C22H29N3O7S2/c1-16-6-5-7-17(2)22(16)25(33(4,27)28)15-21(26)23-19-14-18(8-9-20(19)31-3)34(29,30)24-10-12-32-13-11-24/h5-9,14H,10-13,15H2,1-4H3,(H,23,26). The minimum Gasteiger partial charge on any atom is -0.495 e. The molecule has 12 heteroatoms. The number of anilines is 2. The largest absolute Gasteiger partial charge is 0.495 e. The first-order valence-electron chi connectivity index (χ1n) is 10.5. The van der Waals surface area contributed by atoms with E-state index in [0.29, 0.717) is 30.0 Å². The van der Waals surface area contributed by atoms with E-state index < -0.39 is 32.5 Å². The van der Waals surface area contributed by atoms with Crippen LogP contribution in [0.3, 0.4) is 0 Å². The van der Waals surface area contributed by atoms with Gasteiger partial charge in [0.15, 0.2) is 0 Å². The van der Waals surface area contributed by atoms with Crippen molar-refractivity contribution in [3.8, 4) is 5.75 Å². The van der Waals surface area contributed by atoms with Crippen molar-refractivity contribution in [3.05, 3.63) is 47.5 Å². The van der Waals surface area contributed by atoms with Gasteiger partial charge in [-0.3, -0.25) is 9.10 Å². The second kappa shape index (κ2) is 10.3. The van der Waals surface area contributed by atoms with Crippen molar-refractivity contribution < 1.29 is 31.1 Å². The Morgan fingerprint density at radius 3 is 2.26 bits per heavy atom. The van der Waals surface area contributed by atoms with Gasteiger partial charge in [-0.05, 0) is 43.2 Å². The lowest BCUT2D eigenvalue weighted by atomic mass is 10.1. The molecule has 1 heterocycles. The third kappa shape index (κ3) is 5.69. The van der Waals surface area contributed by atoms with Crippen LogP contribution in [0.4, 0.5) is 11.4 Å². The normalized spacial score (nSPS) is 15.1. The summed E-state index contributed by atoms with van der Waals surface area (Å²) in [6.07, 6.45) is 1.03. The van der Waals surface area contributed by atoms with Gasteiger partial charge in [0.2, 0.25) is 26.0 Å². The molecule has 1 amide bonds. The number of hydrogen-bond donors (Lipinski definition) is 1. The molecule has 0 aromatic heterocycles. The van der Waals surface area contributed by atoms with Gasteiger partial charge in [0, 0.05) is 13.1 Å². The zero-order valence-electron chi connectivity index (χ0n) is 19.6. The predicted octanol–water partition coefficient (Wildman–Crippen LogP) is 1.74. The first-order chi connectivity index (χ1) is 15.9. The molecule has 186 valence electrons. The number of methoxy groups -OCH3 is 1. The van der Waals surface area contributed by atoms with Crippen molar-refractivity contribution in [2.45, 2.75) is 18.7 Å². The fraction of sp³-hybridized carbons (Fsp3) is 0.409. The molecule has 0 atom stereocenters. The molecule has 0 spiro atoms. The van der Waals surface area contributed by atoms with Gasteiger partial charge in [-0.15, -0.1) is 0 Å². The minimum absolute atomic E-state index is 0.0137. The van der Waals surface area contributed by atoms with Gasteiger partial charge in [0.05, 0.1) is 42.8 Å². The third-order valence-corrected chi connectivity index (χ3v) is 8.44. The average Bonchev–Trinajstić information content (AvgIpc) is 2.78. The van der Waals surface area contributed by atoms with Crippen molar-refractivity contribution in [2.24, 2.45) is 0 Å². The molecule has 0 bridgehead atoms. The fourth-order valence-electron chi connectivity index (χ4n) is 3.76. The summed E-state index contributed by atoms with van der Waals surface area (Å²) in [5.74, 6) is -0.403. The van der Waals surface area contributed by atoms with Crippen molar-refractivity contribution in [3.63, 3.8) is 0 Å². The van der Waals surface area contributed by atoms with Crippen LogP contribution in [0.25, 0.3) is 0 Å². The summed E-state index contributed by atoms with van der Waals surface area (Å²) in [6.45, 7) is 4.11. The molecule has 0 unspecified atom stereocenters. The topological polar surface area (TPSA) is 122 Å². The maximum absolute atomic E-state index is 13.0. The smallest absolute Gasteiger partial charge is 0.245 e. The Balaban J connectivity index is 1.90. The highest BCUT2D eigenvalue weighted by Crippen LogP contribution is 2.30. The van der Waals surface area contributed by atoms with Crippen LogP contribution in [-0.4, -0.2) is 73.3 Å². The summed E-state index contributed by atoms with van der Waals surface area (Å²) in [7, 11) is -6.20. The number of sulfonamides is 2. The molecule has 3 rings (SSSR count). The minimum atomic E-state index is -3.81. The highest BCUT2D eigenvalue weighted by Gasteiger charge is 2.28. The number of rotatable bonds is 8. The number of nitrogens with one attached hydrogen (secondary N) is 1. The molecule has 2 aromatic carbocycles. The fourth-order valence-corrected chi connectivity index (χ4v) is 6.17. The number of para-hydroxylation sites is 1. The molecule has 34 heavy (non-hydrogen) atoms. The lowest BCUT2D eigenvalue weighted by molar-refractivity contribution is -0.114. The van der Waals surface area contributed by atoms with Gasteiger partial charge >= 0.3 is 0 Å². The van der Waals surface area contributed by atoms with Crippen LogP contribution in [-0.2, 0) is 29.6 Å². The van der Waals surface area contributed by atoms with Crippen LogP contribution in [0, 0.1) is 13.8 Å². The molecule has 0 saturated carbocycles. The highest BCUT2D eigenvalue weighted by atomic mass is 32.2. The van der Waals surface area contributed by atoms with E-state index in [9.17, 15) is 21.6 Å². The Labute approximate surface area is 200 Å². The van der Waals surface area contributed by atoms with E-state index in [0.717, 1.165) is 10.6 Å². The zero-order valence-corrected chi connectivity index (χ0v) is 21.2. The van der Waals surface area contributed by atoms with E-state index in [2.05, 4.69) is 5.32 Å². The quantitative estimate of drug-likeness (QED) is 0.573. The van der Waals surface area contributed by atoms with E-state index >= 15 is 0 Å². The van der Waals surface area contributed by atoms with Gasteiger partial charge < -0.3 is 14.8 Å². The summed E-state index contributed by atoms with van der Waals surface area (Å²) >= 11 is 0. The second-order valence-electron chi connectivity index (χ2n) is 7.94. The summed E-state index contributed by atoms with van der Waals surface area (Å²) in [5.41, 5.74) is 1.95. The first-order valence-corrected chi connectivity index (χ1v) is 13.8. The molecule has 1 aliphatic rings. The molecule has 1 N–H and O–H groups in total. The molecule has 1 fully saturated rings.